The van der Waals surface area contributed by atoms with Crippen molar-refractivity contribution in [1.82, 2.24) is 9.62 Å². The number of halogens is 1. The lowest BCUT2D eigenvalue weighted by atomic mass is 10.1. The van der Waals surface area contributed by atoms with E-state index in [4.69, 9.17) is 16.9 Å². The van der Waals surface area contributed by atoms with E-state index in [0.29, 0.717) is 5.56 Å². The summed E-state index contributed by atoms with van der Waals surface area (Å²) in [6.07, 6.45) is 1.57. The van der Waals surface area contributed by atoms with Crippen molar-refractivity contribution in [2.45, 2.75) is 11.4 Å². The van der Waals surface area contributed by atoms with Gasteiger partial charge in [-0.15, -0.1) is 6.58 Å². The minimum atomic E-state index is -3.71. The van der Waals surface area contributed by atoms with E-state index in [2.05, 4.69) is 11.3 Å². The van der Waals surface area contributed by atoms with Gasteiger partial charge in [0.2, 0.25) is 10.0 Å². The fraction of sp³-hybridized carbons (Fsp3) is 0.158. The Morgan fingerprint density at radius 2 is 1.96 bits per heavy atom. The molecular weight excluding hydrogens is 386 g/mol. The quantitative estimate of drug-likeness (QED) is 0.719. The van der Waals surface area contributed by atoms with E-state index >= 15 is 0 Å². The van der Waals surface area contributed by atoms with Gasteiger partial charge in [0.1, 0.15) is 0 Å². The molecule has 0 spiro atoms. The molecule has 27 heavy (non-hydrogen) atoms. The largest absolute Gasteiger partial charge is 0.331 e. The van der Waals surface area contributed by atoms with Crippen molar-refractivity contribution in [2.75, 3.05) is 13.6 Å². The van der Waals surface area contributed by atoms with E-state index < -0.39 is 15.9 Å². The van der Waals surface area contributed by atoms with Crippen molar-refractivity contribution in [2.24, 2.45) is 0 Å². The van der Waals surface area contributed by atoms with Crippen LogP contribution in [0.3, 0.4) is 0 Å². The Balaban J connectivity index is 2.37. The van der Waals surface area contributed by atoms with Crippen molar-refractivity contribution in [3.05, 3.63) is 76.8 Å². The molecule has 0 aliphatic heterocycles. The molecule has 0 unspecified atom stereocenters. The van der Waals surface area contributed by atoms with Gasteiger partial charge in [-0.3, -0.25) is 4.79 Å². The summed E-state index contributed by atoms with van der Waals surface area (Å²) in [6.45, 7) is 4.17. The molecule has 0 radical (unpaired) electrons. The lowest BCUT2D eigenvalue weighted by molar-refractivity contribution is 0.0762. The van der Waals surface area contributed by atoms with Crippen LogP contribution in [0.1, 0.15) is 21.5 Å². The number of hydrogen-bond donors (Lipinski definition) is 1. The highest BCUT2D eigenvalue weighted by atomic mass is 35.5. The van der Waals surface area contributed by atoms with Crippen LogP contribution in [0.15, 0.2) is 60.0 Å². The van der Waals surface area contributed by atoms with Gasteiger partial charge in [0.15, 0.2) is 0 Å². The van der Waals surface area contributed by atoms with Crippen LogP contribution < -0.4 is 4.72 Å². The number of rotatable bonds is 7. The van der Waals surface area contributed by atoms with Crippen LogP contribution in [0, 0.1) is 11.3 Å². The molecule has 0 saturated carbocycles. The van der Waals surface area contributed by atoms with Crippen LogP contribution >= 0.6 is 11.6 Å². The molecule has 2 rings (SSSR count). The van der Waals surface area contributed by atoms with Crippen molar-refractivity contribution >= 4 is 27.5 Å². The maximum atomic E-state index is 13.0. The highest BCUT2D eigenvalue weighted by Crippen LogP contribution is 2.23. The van der Waals surface area contributed by atoms with E-state index in [1.807, 2.05) is 6.07 Å². The summed E-state index contributed by atoms with van der Waals surface area (Å²) in [7, 11) is -2.41. The van der Waals surface area contributed by atoms with Crippen LogP contribution in [0.2, 0.25) is 5.02 Å². The van der Waals surface area contributed by atoms with Gasteiger partial charge in [-0.05, 0) is 42.9 Å². The van der Waals surface area contributed by atoms with E-state index in [9.17, 15) is 13.2 Å². The number of nitrogens with one attached hydrogen (secondary N) is 1. The third-order valence-electron chi connectivity index (χ3n) is 3.84. The van der Waals surface area contributed by atoms with Gasteiger partial charge in [-0.2, -0.15) is 5.26 Å². The van der Waals surface area contributed by atoms with Crippen LogP contribution in [0.5, 0.6) is 0 Å². The number of sulfonamides is 1. The Morgan fingerprint density at radius 3 is 2.52 bits per heavy atom. The summed E-state index contributed by atoms with van der Waals surface area (Å²) >= 11 is 6.15. The van der Waals surface area contributed by atoms with Crippen molar-refractivity contribution < 1.29 is 13.2 Å². The molecule has 1 amide bonds. The summed E-state index contributed by atoms with van der Waals surface area (Å²) in [5, 5.41) is 9.03. The van der Waals surface area contributed by atoms with Crippen molar-refractivity contribution in [3.63, 3.8) is 0 Å². The predicted octanol–water partition coefficient (Wildman–Crippen LogP) is 2.95. The average molecular weight is 404 g/mol. The minimum Gasteiger partial charge on any atom is -0.331 e. The van der Waals surface area contributed by atoms with Gasteiger partial charge in [0, 0.05) is 13.1 Å². The second kappa shape index (κ2) is 8.82. The first-order valence-corrected chi connectivity index (χ1v) is 9.80. The molecule has 8 heteroatoms. The lowest BCUT2D eigenvalue weighted by Gasteiger charge is -2.22. The normalized spacial score (nSPS) is 10.9. The van der Waals surface area contributed by atoms with Crippen molar-refractivity contribution in [1.29, 1.82) is 5.26 Å². The SMILES string of the molecule is C=CCN(Cc1ccc(C#N)cc1)C(=O)c1cc(S(=O)(=O)NC)ccc1Cl. The molecule has 0 heterocycles. The molecule has 0 atom stereocenters. The number of carbonyl (C=O) groups is 1. The standard InChI is InChI=1S/C19H18ClN3O3S/c1-3-10-23(13-15-6-4-14(12-21)5-7-15)19(24)17-11-16(8-9-18(17)20)27(25,26)22-2/h3-9,11,22H,1,10,13H2,2H3. The molecule has 0 bridgehead atoms. The van der Waals surface area contributed by atoms with E-state index in [1.165, 1.54) is 30.1 Å². The third kappa shape index (κ3) is 4.95. The van der Waals surface area contributed by atoms with Crippen LogP contribution in [0.25, 0.3) is 0 Å². The third-order valence-corrected chi connectivity index (χ3v) is 5.58. The van der Waals surface area contributed by atoms with Crippen LogP contribution in [-0.2, 0) is 16.6 Å². The van der Waals surface area contributed by atoms with Gasteiger partial charge in [0.25, 0.3) is 5.91 Å². The summed E-state index contributed by atoms with van der Waals surface area (Å²) in [5.41, 5.74) is 1.43. The summed E-state index contributed by atoms with van der Waals surface area (Å²) in [4.78, 5) is 14.4. The summed E-state index contributed by atoms with van der Waals surface area (Å²) < 4.78 is 26.2. The minimum absolute atomic E-state index is 0.0466. The summed E-state index contributed by atoms with van der Waals surface area (Å²) in [5.74, 6) is -0.419. The average Bonchev–Trinajstić information content (AvgIpc) is 2.68. The number of benzene rings is 2. The first kappa shape index (κ1) is 20.6. The first-order valence-electron chi connectivity index (χ1n) is 7.94. The Morgan fingerprint density at radius 1 is 1.30 bits per heavy atom. The Kier molecular flexibility index (Phi) is 6.75. The molecule has 0 aliphatic carbocycles. The maximum absolute atomic E-state index is 13.0. The zero-order valence-corrected chi connectivity index (χ0v) is 16.2. The van der Waals surface area contributed by atoms with E-state index in [0.717, 1.165) is 5.56 Å². The van der Waals surface area contributed by atoms with Gasteiger partial charge >= 0.3 is 0 Å². The molecular formula is C19H18ClN3O3S. The Hall–Kier alpha value is -2.66. The highest BCUT2D eigenvalue weighted by molar-refractivity contribution is 7.89. The number of carbonyl (C=O) groups excluding carboxylic acids is 1. The van der Waals surface area contributed by atoms with E-state index in [1.54, 1.807) is 30.3 Å². The highest BCUT2D eigenvalue weighted by Gasteiger charge is 2.21. The fourth-order valence-corrected chi connectivity index (χ4v) is 3.36. The zero-order chi connectivity index (χ0) is 20.0. The molecule has 0 fully saturated rings. The molecule has 0 aromatic heterocycles. The second-order valence-corrected chi connectivity index (χ2v) is 7.93. The number of hydrogen-bond acceptors (Lipinski definition) is 4. The summed E-state index contributed by atoms with van der Waals surface area (Å²) in [6, 6.07) is 12.9. The Labute approximate surface area is 163 Å². The number of nitrogens with zero attached hydrogens (tertiary/aromatic N) is 2. The van der Waals surface area contributed by atoms with Crippen LogP contribution in [0.4, 0.5) is 0 Å². The first-order chi connectivity index (χ1) is 12.8. The number of amides is 1. The predicted molar refractivity (Wildman–Crippen MR) is 104 cm³/mol. The topological polar surface area (TPSA) is 90.3 Å². The smallest absolute Gasteiger partial charge is 0.255 e. The fourth-order valence-electron chi connectivity index (χ4n) is 2.40. The molecule has 0 saturated heterocycles. The van der Waals surface area contributed by atoms with E-state index in [-0.39, 0.29) is 28.6 Å². The van der Waals surface area contributed by atoms with Gasteiger partial charge in [-0.25, -0.2) is 13.1 Å². The maximum Gasteiger partial charge on any atom is 0.255 e. The molecule has 140 valence electrons. The van der Waals surface area contributed by atoms with Crippen molar-refractivity contribution in [3.8, 4) is 6.07 Å². The molecule has 1 N–H and O–H groups in total. The monoisotopic (exact) mass is 403 g/mol. The molecule has 0 aliphatic rings. The van der Waals surface area contributed by atoms with Crippen LogP contribution in [-0.4, -0.2) is 32.8 Å². The molecule has 6 nitrogen and oxygen atoms in total. The number of nitriles is 1. The van der Waals surface area contributed by atoms with Gasteiger partial charge in [-0.1, -0.05) is 29.8 Å². The van der Waals surface area contributed by atoms with Gasteiger partial charge < -0.3 is 4.90 Å². The zero-order valence-electron chi connectivity index (χ0n) is 14.6. The molecule has 2 aromatic carbocycles. The molecule has 2 aromatic rings. The van der Waals surface area contributed by atoms with Gasteiger partial charge in [0.05, 0.1) is 27.1 Å². The Bertz CT molecular complexity index is 996. The second-order valence-electron chi connectivity index (χ2n) is 5.63. The lowest BCUT2D eigenvalue weighted by Crippen LogP contribution is -2.31.